The van der Waals surface area contributed by atoms with E-state index in [0.29, 0.717) is 18.9 Å². The van der Waals surface area contributed by atoms with Gasteiger partial charge in [0, 0.05) is 25.7 Å². The first-order valence-electron chi connectivity index (χ1n) is 5.12. The molecule has 1 aliphatic rings. The highest BCUT2D eigenvalue weighted by Crippen LogP contribution is 2.25. The van der Waals surface area contributed by atoms with Gasteiger partial charge in [0.2, 0.25) is 0 Å². The summed E-state index contributed by atoms with van der Waals surface area (Å²) in [7, 11) is 1.97. The SMILES string of the molecule is CNC(C)CN1CCC(C)(F)CC1. The molecule has 0 aromatic carbocycles. The highest BCUT2D eigenvalue weighted by atomic mass is 19.1. The van der Waals surface area contributed by atoms with Gasteiger partial charge in [0.15, 0.2) is 0 Å². The van der Waals surface area contributed by atoms with E-state index in [0.717, 1.165) is 19.6 Å². The molecule has 1 unspecified atom stereocenters. The molecule has 1 N–H and O–H groups in total. The number of likely N-dealkylation sites (tertiary alicyclic amines) is 1. The fraction of sp³-hybridized carbons (Fsp3) is 1.00. The molecule has 0 saturated carbocycles. The van der Waals surface area contributed by atoms with Crippen LogP contribution in [0.5, 0.6) is 0 Å². The second-order valence-electron chi connectivity index (χ2n) is 4.40. The Morgan fingerprint density at radius 1 is 1.46 bits per heavy atom. The van der Waals surface area contributed by atoms with Crippen molar-refractivity contribution in [2.24, 2.45) is 0 Å². The minimum atomic E-state index is -0.917. The molecule has 3 heteroatoms. The lowest BCUT2D eigenvalue weighted by Crippen LogP contribution is -2.45. The number of nitrogens with one attached hydrogen (secondary N) is 1. The lowest BCUT2D eigenvalue weighted by atomic mass is 9.95. The van der Waals surface area contributed by atoms with Gasteiger partial charge < -0.3 is 10.2 Å². The molecule has 0 aromatic rings. The first-order valence-corrected chi connectivity index (χ1v) is 5.12. The van der Waals surface area contributed by atoms with Crippen molar-refractivity contribution < 1.29 is 4.39 Å². The Morgan fingerprint density at radius 2 is 2.00 bits per heavy atom. The molecule has 1 heterocycles. The van der Waals surface area contributed by atoms with E-state index in [-0.39, 0.29) is 0 Å². The monoisotopic (exact) mass is 188 g/mol. The van der Waals surface area contributed by atoms with E-state index in [1.807, 2.05) is 7.05 Å². The quantitative estimate of drug-likeness (QED) is 0.720. The van der Waals surface area contributed by atoms with Gasteiger partial charge >= 0.3 is 0 Å². The highest BCUT2D eigenvalue weighted by Gasteiger charge is 2.29. The zero-order valence-corrected chi connectivity index (χ0v) is 8.94. The molecule has 0 aromatic heterocycles. The molecular formula is C10H21FN2. The minimum Gasteiger partial charge on any atom is -0.316 e. The molecule has 1 fully saturated rings. The highest BCUT2D eigenvalue weighted by molar-refractivity contribution is 4.83. The number of nitrogens with zero attached hydrogens (tertiary/aromatic N) is 1. The number of rotatable bonds is 3. The lowest BCUT2D eigenvalue weighted by molar-refractivity contribution is 0.0705. The molecule has 0 radical (unpaired) electrons. The lowest BCUT2D eigenvalue weighted by Gasteiger charge is -2.35. The third-order valence-corrected chi connectivity index (χ3v) is 2.92. The predicted molar refractivity (Wildman–Crippen MR) is 53.7 cm³/mol. The molecule has 78 valence electrons. The van der Waals surface area contributed by atoms with Crippen LogP contribution in [0.15, 0.2) is 0 Å². The van der Waals surface area contributed by atoms with Gasteiger partial charge in [-0.15, -0.1) is 0 Å². The Hall–Kier alpha value is -0.150. The van der Waals surface area contributed by atoms with E-state index in [1.165, 1.54) is 0 Å². The van der Waals surface area contributed by atoms with Crippen LogP contribution in [0.1, 0.15) is 26.7 Å². The fourth-order valence-electron chi connectivity index (χ4n) is 1.68. The Balaban J connectivity index is 2.25. The number of halogens is 1. The Morgan fingerprint density at radius 3 is 2.46 bits per heavy atom. The van der Waals surface area contributed by atoms with Crippen LogP contribution in [0, 0.1) is 0 Å². The molecule has 13 heavy (non-hydrogen) atoms. The van der Waals surface area contributed by atoms with Gasteiger partial charge in [-0.2, -0.15) is 0 Å². The summed E-state index contributed by atoms with van der Waals surface area (Å²) in [6.45, 7) is 6.71. The third kappa shape index (κ3) is 3.61. The second kappa shape index (κ2) is 4.38. The minimum absolute atomic E-state index is 0.504. The standard InChI is InChI=1S/C10H21FN2/c1-9(12-3)8-13-6-4-10(2,11)5-7-13/h9,12H,4-8H2,1-3H3. The van der Waals surface area contributed by atoms with E-state index in [1.54, 1.807) is 6.92 Å². The van der Waals surface area contributed by atoms with Crippen molar-refractivity contribution in [2.45, 2.75) is 38.4 Å². The Labute approximate surface area is 80.5 Å². The van der Waals surface area contributed by atoms with E-state index in [9.17, 15) is 4.39 Å². The first kappa shape index (κ1) is 10.9. The molecule has 0 spiro atoms. The van der Waals surface area contributed by atoms with Gasteiger partial charge in [-0.05, 0) is 33.7 Å². The van der Waals surface area contributed by atoms with Gasteiger partial charge in [-0.25, -0.2) is 4.39 Å². The van der Waals surface area contributed by atoms with Gasteiger partial charge in [0.05, 0.1) is 0 Å². The summed E-state index contributed by atoms with van der Waals surface area (Å²) in [5.74, 6) is 0. The van der Waals surface area contributed by atoms with Crippen LogP contribution in [0.4, 0.5) is 4.39 Å². The molecule has 0 amide bonds. The van der Waals surface area contributed by atoms with Crippen LogP contribution in [-0.2, 0) is 0 Å². The summed E-state index contributed by atoms with van der Waals surface area (Å²) in [6.07, 6.45) is 1.37. The Bertz CT molecular complexity index is 149. The average molecular weight is 188 g/mol. The molecule has 1 atom stereocenters. The van der Waals surface area contributed by atoms with Gasteiger partial charge in [-0.3, -0.25) is 0 Å². The van der Waals surface area contributed by atoms with Crippen molar-refractivity contribution in [3.63, 3.8) is 0 Å². The van der Waals surface area contributed by atoms with Crippen molar-refractivity contribution in [3.8, 4) is 0 Å². The van der Waals surface area contributed by atoms with Crippen LogP contribution in [0.25, 0.3) is 0 Å². The van der Waals surface area contributed by atoms with Gasteiger partial charge in [-0.1, -0.05) is 0 Å². The maximum atomic E-state index is 13.4. The molecule has 1 aliphatic heterocycles. The summed E-state index contributed by atoms with van der Waals surface area (Å²) in [6, 6.07) is 0.504. The summed E-state index contributed by atoms with van der Waals surface area (Å²) in [5, 5.41) is 3.20. The number of likely N-dealkylation sites (N-methyl/N-ethyl adjacent to an activating group) is 1. The first-order chi connectivity index (χ1) is 6.03. The largest absolute Gasteiger partial charge is 0.316 e. The maximum Gasteiger partial charge on any atom is 0.110 e. The summed E-state index contributed by atoms with van der Waals surface area (Å²) in [5.41, 5.74) is -0.917. The zero-order chi connectivity index (χ0) is 9.90. The molecular weight excluding hydrogens is 167 g/mol. The third-order valence-electron chi connectivity index (χ3n) is 2.92. The molecule has 1 rings (SSSR count). The van der Waals surface area contributed by atoms with Crippen LogP contribution < -0.4 is 5.32 Å². The van der Waals surface area contributed by atoms with E-state index < -0.39 is 5.67 Å². The normalized spacial score (nSPS) is 25.8. The topological polar surface area (TPSA) is 15.3 Å². The second-order valence-corrected chi connectivity index (χ2v) is 4.40. The Kier molecular flexibility index (Phi) is 3.68. The molecule has 1 saturated heterocycles. The molecule has 0 bridgehead atoms. The van der Waals surface area contributed by atoms with Crippen molar-refractivity contribution in [3.05, 3.63) is 0 Å². The van der Waals surface area contributed by atoms with E-state index in [4.69, 9.17) is 0 Å². The fourth-order valence-corrected chi connectivity index (χ4v) is 1.68. The predicted octanol–water partition coefficient (Wildman–Crippen LogP) is 1.42. The van der Waals surface area contributed by atoms with Crippen LogP contribution in [-0.4, -0.2) is 43.3 Å². The maximum absolute atomic E-state index is 13.4. The van der Waals surface area contributed by atoms with Crippen LogP contribution in [0.2, 0.25) is 0 Å². The zero-order valence-electron chi connectivity index (χ0n) is 8.94. The van der Waals surface area contributed by atoms with Gasteiger partial charge in [0.1, 0.15) is 5.67 Å². The van der Waals surface area contributed by atoms with Crippen molar-refractivity contribution >= 4 is 0 Å². The van der Waals surface area contributed by atoms with Crippen LogP contribution in [0.3, 0.4) is 0 Å². The summed E-state index contributed by atoms with van der Waals surface area (Å²) >= 11 is 0. The van der Waals surface area contributed by atoms with Gasteiger partial charge in [0.25, 0.3) is 0 Å². The van der Waals surface area contributed by atoms with Crippen LogP contribution >= 0.6 is 0 Å². The van der Waals surface area contributed by atoms with Crippen molar-refractivity contribution in [1.82, 2.24) is 10.2 Å². The summed E-state index contributed by atoms with van der Waals surface area (Å²) < 4.78 is 13.4. The van der Waals surface area contributed by atoms with Crippen molar-refractivity contribution in [2.75, 3.05) is 26.7 Å². The van der Waals surface area contributed by atoms with E-state index >= 15 is 0 Å². The van der Waals surface area contributed by atoms with E-state index in [2.05, 4.69) is 17.1 Å². The number of hydrogen-bond donors (Lipinski definition) is 1. The molecule has 2 nitrogen and oxygen atoms in total. The molecule has 0 aliphatic carbocycles. The number of alkyl halides is 1. The summed E-state index contributed by atoms with van der Waals surface area (Å²) in [4.78, 5) is 2.34. The smallest absolute Gasteiger partial charge is 0.110 e. The number of piperidine rings is 1. The van der Waals surface area contributed by atoms with Crippen molar-refractivity contribution in [1.29, 1.82) is 0 Å². The average Bonchev–Trinajstić information content (AvgIpc) is 2.08. The number of hydrogen-bond acceptors (Lipinski definition) is 2.